The zero-order chi connectivity index (χ0) is 18.8. The summed E-state index contributed by atoms with van der Waals surface area (Å²) in [5.74, 6) is 0. The maximum atomic E-state index is 11.9. The number of alkyl carbamates (subject to hydrolysis) is 1. The molecular weight excluding hydrogens is 328 g/mol. The van der Waals surface area contributed by atoms with Gasteiger partial charge in [0.2, 0.25) is 0 Å². The zero-order valence-corrected chi connectivity index (χ0v) is 15.3. The van der Waals surface area contributed by atoms with Gasteiger partial charge in [-0.2, -0.15) is 0 Å². The third-order valence-electron chi connectivity index (χ3n) is 4.17. The van der Waals surface area contributed by atoms with Gasteiger partial charge in [-0.25, -0.2) is 4.79 Å². The van der Waals surface area contributed by atoms with E-state index < -0.39 is 17.2 Å². The van der Waals surface area contributed by atoms with E-state index in [1.165, 1.54) is 0 Å². The first-order valence-electron chi connectivity index (χ1n) is 8.64. The highest BCUT2D eigenvalue weighted by molar-refractivity contribution is 5.89. The number of aliphatic imine (C=N–C) groups is 1. The van der Waals surface area contributed by atoms with Crippen LogP contribution in [0.25, 0.3) is 10.9 Å². The summed E-state index contributed by atoms with van der Waals surface area (Å²) in [5.41, 5.74) is 7.50. The molecule has 1 atom stereocenters. The first-order valence-corrected chi connectivity index (χ1v) is 8.64. The number of rotatable bonds is 4. The molecule has 1 aliphatic rings. The van der Waals surface area contributed by atoms with Crippen LogP contribution in [0.15, 0.2) is 47.6 Å². The van der Waals surface area contributed by atoms with Gasteiger partial charge < -0.3 is 15.8 Å². The second kappa shape index (κ2) is 6.78. The lowest BCUT2D eigenvalue weighted by atomic mass is 9.84. The van der Waals surface area contributed by atoms with Crippen LogP contribution in [-0.2, 0) is 10.3 Å². The van der Waals surface area contributed by atoms with E-state index in [2.05, 4.69) is 15.3 Å². The summed E-state index contributed by atoms with van der Waals surface area (Å²) < 4.78 is 5.29. The van der Waals surface area contributed by atoms with Gasteiger partial charge in [0.25, 0.3) is 0 Å². The van der Waals surface area contributed by atoms with Gasteiger partial charge in [-0.1, -0.05) is 24.3 Å². The molecule has 0 spiro atoms. The predicted octanol–water partition coefficient (Wildman–Crippen LogP) is 3.57. The highest BCUT2D eigenvalue weighted by atomic mass is 16.6. The van der Waals surface area contributed by atoms with Crippen LogP contribution in [0.3, 0.4) is 0 Å². The Bertz CT molecular complexity index is 869. The lowest BCUT2D eigenvalue weighted by molar-refractivity contribution is 0.0525. The van der Waals surface area contributed by atoms with E-state index >= 15 is 0 Å². The van der Waals surface area contributed by atoms with Crippen LogP contribution in [0.5, 0.6) is 0 Å². The van der Waals surface area contributed by atoms with Crippen molar-refractivity contribution in [2.75, 3.05) is 12.3 Å². The Morgan fingerprint density at radius 1 is 1.31 bits per heavy atom. The lowest BCUT2D eigenvalue weighted by Crippen LogP contribution is -2.35. The summed E-state index contributed by atoms with van der Waals surface area (Å²) in [6.07, 6.45) is 7.48. The van der Waals surface area contributed by atoms with Gasteiger partial charge in [-0.15, -0.1) is 0 Å². The number of ether oxygens (including phenoxy) is 1. The molecule has 1 amide bonds. The van der Waals surface area contributed by atoms with Crippen LogP contribution in [0, 0.1) is 0 Å². The number of allylic oxidation sites excluding steroid dienone is 1. The fourth-order valence-corrected chi connectivity index (χ4v) is 3.15. The topological polar surface area (TPSA) is 89.6 Å². The molecule has 1 aliphatic heterocycles. The average Bonchev–Trinajstić information content (AvgIpc) is 3.02. The van der Waals surface area contributed by atoms with E-state index in [-0.39, 0.29) is 0 Å². The number of carbonyl (C=O) groups is 1. The number of aromatic nitrogens is 1. The maximum absolute atomic E-state index is 11.9. The normalized spacial score (nSPS) is 19.0. The molecule has 3 rings (SSSR count). The molecule has 0 radical (unpaired) electrons. The molecule has 26 heavy (non-hydrogen) atoms. The fraction of sp³-hybridized carbons (Fsp3) is 0.350. The number of nitrogens with two attached hydrogens (primary N) is 1. The van der Waals surface area contributed by atoms with Crippen LogP contribution in [0.1, 0.15) is 32.8 Å². The van der Waals surface area contributed by atoms with Crippen molar-refractivity contribution in [3.8, 4) is 0 Å². The average molecular weight is 352 g/mol. The van der Waals surface area contributed by atoms with Crippen molar-refractivity contribution in [2.45, 2.75) is 38.3 Å². The van der Waals surface area contributed by atoms with Gasteiger partial charge in [-0.05, 0) is 39.3 Å². The highest BCUT2D eigenvalue weighted by Crippen LogP contribution is 2.40. The Hall–Kier alpha value is -2.89. The molecule has 2 heterocycles. The minimum atomic E-state index is -0.623. The van der Waals surface area contributed by atoms with Crippen molar-refractivity contribution < 1.29 is 9.53 Å². The van der Waals surface area contributed by atoms with Gasteiger partial charge >= 0.3 is 6.09 Å². The van der Waals surface area contributed by atoms with Crippen LogP contribution in [0.2, 0.25) is 0 Å². The van der Waals surface area contributed by atoms with E-state index in [0.29, 0.717) is 18.7 Å². The molecule has 0 bridgehead atoms. The van der Waals surface area contributed by atoms with Gasteiger partial charge in [0.15, 0.2) is 0 Å². The number of pyridine rings is 1. The molecule has 1 unspecified atom stereocenters. The van der Waals surface area contributed by atoms with Crippen molar-refractivity contribution in [1.82, 2.24) is 10.3 Å². The number of benzene rings is 1. The van der Waals surface area contributed by atoms with Crippen molar-refractivity contribution in [1.29, 1.82) is 0 Å². The standard InChI is InChI=1S/C20H24N4O2/c1-19(2,3)26-18(25)22-12-10-20(9-6-11-24-20)17-14-7-4-5-8-16(14)23-13-15(17)21/h4-9,11,13H,10,12,21H2,1-3H3,(H,22,25). The number of hydrogen-bond donors (Lipinski definition) is 2. The molecule has 0 saturated carbocycles. The smallest absolute Gasteiger partial charge is 0.407 e. The van der Waals surface area contributed by atoms with Gasteiger partial charge in [0.05, 0.1) is 17.4 Å². The Kier molecular flexibility index (Phi) is 4.68. The number of nitrogen functional groups attached to an aromatic ring is 1. The number of amides is 1. The third kappa shape index (κ3) is 3.69. The first-order chi connectivity index (χ1) is 12.3. The molecule has 6 nitrogen and oxygen atoms in total. The molecule has 136 valence electrons. The monoisotopic (exact) mass is 352 g/mol. The van der Waals surface area contributed by atoms with Gasteiger partial charge in [-0.3, -0.25) is 9.98 Å². The summed E-state index contributed by atoms with van der Waals surface area (Å²) in [7, 11) is 0. The summed E-state index contributed by atoms with van der Waals surface area (Å²) in [6.45, 7) is 5.91. The van der Waals surface area contributed by atoms with Crippen LogP contribution < -0.4 is 11.1 Å². The minimum absolute atomic E-state index is 0.409. The number of anilines is 1. The molecule has 3 N–H and O–H groups in total. The lowest BCUT2D eigenvalue weighted by Gasteiger charge is -2.28. The highest BCUT2D eigenvalue weighted by Gasteiger charge is 2.34. The summed E-state index contributed by atoms with van der Waals surface area (Å²) >= 11 is 0. The van der Waals surface area contributed by atoms with Crippen molar-refractivity contribution >= 4 is 28.9 Å². The van der Waals surface area contributed by atoms with E-state index in [4.69, 9.17) is 10.5 Å². The van der Waals surface area contributed by atoms with Crippen LogP contribution >= 0.6 is 0 Å². The molecular formula is C20H24N4O2. The zero-order valence-electron chi connectivity index (χ0n) is 15.3. The van der Waals surface area contributed by atoms with Gasteiger partial charge in [0.1, 0.15) is 11.1 Å². The molecule has 0 fully saturated rings. The number of hydrogen-bond acceptors (Lipinski definition) is 5. The molecule has 2 aromatic rings. The summed E-state index contributed by atoms with van der Waals surface area (Å²) in [5, 5.41) is 3.77. The fourth-order valence-electron chi connectivity index (χ4n) is 3.15. The summed E-state index contributed by atoms with van der Waals surface area (Å²) in [4.78, 5) is 21.0. The number of carbonyl (C=O) groups excluding carboxylic acids is 1. The molecule has 1 aromatic carbocycles. The van der Waals surface area contributed by atoms with Crippen LogP contribution in [0.4, 0.5) is 10.5 Å². The number of fused-ring (bicyclic) bond motifs is 1. The maximum Gasteiger partial charge on any atom is 0.407 e. The minimum Gasteiger partial charge on any atom is -0.444 e. The first kappa shape index (κ1) is 17.9. The van der Waals surface area contributed by atoms with Crippen molar-refractivity contribution in [3.05, 3.63) is 48.2 Å². The Morgan fingerprint density at radius 2 is 2.08 bits per heavy atom. The largest absolute Gasteiger partial charge is 0.444 e. The second-order valence-corrected chi connectivity index (χ2v) is 7.35. The SMILES string of the molecule is CC(C)(C)OC(=O)NCCC1(c2c(N)cnc3ccccc23)C=CC=N1. The van der Waals surface area contributed by atoms with Crippen molar-refractivity contribution in [2.24, 2.45) is 4.99 Å². The molecule has 6 heteroatoms. The molecule has 0 aliphatic carbocycles. The number of para-hydroxylation sites is 1. The van der Waals surface area contributed by atoms with Gasteiger partial charge in [0, 0.05) is 23.7 Å². The number of nitrogens with zero attached hydrogens (tertiary/aromatic N) is 2. The van der Waals surface area contributed by atoms with E-state index in [1.807, 2.05) is 57.2 Å². The van der Waals surface area contributed by atoms with E-state index in [9.17, 15) is 4.79 Å². The van der Waals surface area contributed by atoms with Crippen LogP contribution in [-0.4, -0.2) is 29.4 Å². The molecule has 1 aromatic heterocycles. The Balaban J connectivity index is 1.86. The Labute approximate surface area is 153 Å². The quantitative estimate of drug-likeness (QED) is 0.880. The van der Waals surface area contributed by atoms with E-state index in [0.717, 1.165) is 16.5 Å². The van der Waals surface area contributed by atoms with Crippen molar-refractivity contribution in [3.63, 3.8) is 0 Å². The second-order valence-electron chi connectivity index (χ2n) is 7.35. The third-order valence-corrected chi connectivity index (χ3v) is 4.17. The van der Waals surface area contributed by atoms with E-state index in [1.54, 1.807) is 12.4 Å². The predicted molar refractivity (Wildman–Crippen MR) is 104 cm³/mol. The Morgan fingerprint density at radius 3 is 2.77 bits per heavy atom. The number of nitrogens with one attached hydrogen (secondary N) is 1. The summed E-state index contributed by atoms with van der Waals surface area (Å²) in [6, 6.07) is 7.85. The molecule has 0 saturated heterocycles.